The van der Waals surface area contributed by atoms with Gasteiger partial charge in [-0.2, -0.15) is 0 Å². The van der Waals surface area contributed by atoms with Crippen LogP contribution >= 0.6 is 0 Å². The van der Waals surface area contributed by atoms with Gasteiger partial charge in [-0.05, 0) is 0 Å². The number of hydrogen-bond donors (Lipinski definition) is 0. The van der Waals surface area contributed by atoms with E-state index in [4.69, 9.17) is 0 Å². The first-order valence-electron chi connectivity index (χ1n) is 10.3. The number of aromatic nitrogens is 2. The van der Waals surface area contributed by atoms with Crippen molar-refractivity contribution in [1.29, 1.82) is 0 Å². The van der Waals surface area contributed by atoms with Gasteiger partial charge in [0.25, 0.3) is 0 Å². The molecule has 2 atom stereocenters. The topological polar surface area (TPSA) is 9.86 Å². The van der Waals surface area contributed by atoms with Crippen LogP contribution in [0, 0.1) is 0 Å². The second-order valence-electron chi connectivity index (χ2n) is 8.56. The van der Waals surface area contributed by atoms with Crippen LogP contribution in [-0.4, -0.2) is 9.13 Å². The average Bonchev–Trinajstić information content (AvgIpc) is 3.40. The van der Waals surface area contributed by atoms with Crippen molar-refractivity contribution in [2.45, 2.75) is 21.1 Å². The van der Waals surface area contributed by atoms with Crippen molar-refractivity contribution in [1.82, 2.24) is 9.13 Å². The minimum Gasteiger partial charge on any atom is -1.00 e. The molecule has 0 fully saturated rings. The summed E-state index contributed by atoms with van der Waals surface area (Å²) in [5.74, 6) is 0. The van der Waals surface area contributed by atoms with Crippen molar-refractivity contribution >= 4 is 34.0 Å². The summed E-state index contributed by atoms with van der Waals surface area (Å²) >= 11 is -0.821. The normalized spacial score (nSPS) is 18.7. The van der Waals surface area contributed by atoms with Gasteiger partial charge < -0.3 is 24.8 Å². The van der Waals surface area contributed by atoms with Crippen molar-refractivity contribution in [3.8, 4) is 0 Å². The second-order valence-corrected chi connectivity index (χ2v) is 12.2. The van der Waals surface area contributed by atoms with Crippen molar-refractivity contribution in [2.24, 2.45) is 14.1 Å². The Morgan fingerprint density at radius 3 is 1.45 bits per heavy atom. The van der Waals surface area contributed by atoms with E-state index >= 15 is 0 Å². The van der Waals surface area contributed by atoms with Gasteiger partial charge in [0.1, 0.15) is 0 Å². The molecule has 2 heterocycles. The van der Waals surface area contributed by atoms with Crippen LogP contribution in [0.4, 0.5) is 0 Å². The van der Waals surface area contributed by atoms with Gasteiger partial charge in [-0.3, -0.25) is 0 Å². The molecular weight excluding hydrogens is 502 g/mol. The average molecular weight is 527 g/mol. The molecular formula is C26H24Cl2N2Zr. The number of nitrogens with zero attached hydrogens (tertiary/aromatic N) is 2. The van der Waals surface area contributed by atoms with Crippen LogP contribution in [0.5, 0.6) is 0 Å². The minimum absolute atomic E-state index is 0. The maximum absolute atomic E-state index is 2.46. The fraction of sp³-hybridized carbons (Fsp3) is 0.231. The predicted molar refractivity (Wildman–Crippen MR) is 119 cm³/mol. The van der Waals surface area contributed by atoms with Gasteiger partial charge in [0.15, 0.2) is 0 Å². The molecule has 5 heteroatoms. The molecule has 0 saturated heterocycles. The Kier molecular flexibility index (Phi) is 5.92. The summed E-state index contributed by atoms with van der Waals surface area (Å²) in [7, 11) is 4.45. The number of allylic oxidation sites excluding steroid dienone is 2. The number of halogens is 2. The third-order valence-electron chi connectivity index (χ3n) is 6.94. The van der Waals surface area contributed by atoms with Gasteiger partial charge in [0.2, 0.25) is 0 Å². The Morgan fingerprint density at radius 1 is 0.645 bits per heavy atom. The van der Waals surface area contributed by atoms with E-state index in [1.54, 1.807) is 22.3 Å². The first-order valence-corrected chi connectivity index (χ1v) is 13.2. The van der Waals surface area contributed by atoms with E-state index < -0.39 is 23.2 Å². The summed E-state index contributed by atoms with van der Waals surface area (Å²) in [5, 5.41) is 2.92. The molecule has 2 aromatic heterocycles. The first-order chi connectivity index (χ1) is 14.1. The Hall–Kier alpha value is -1.54. The zero-order chi connectivity index (χ0) is 19.9. The van der Waals surface area contributed by atoms with Crippen molar-refractivity contribution in [3.63, 3.8) is 0 Å². The zero-order valence-corrected chi connectivity index (χ0v) is 22.0. The van der Waals surface area contributed by atoms with Crippen molar-refractivity contribution in [3.05, 3.63) is 82.2 Å². The molecule has 0 amide bonds. The SMILES string of the molecule is CC1=Cc2c(c3ccccc3n2C)[CH]1[Zr+2][CH]1C(C)=Cc2c1c1ccccc1n2C.[Cl-].[Cl-]. The summed E-state index contributed by atoms with van der Waals surface area (Å²) in [6.45, 7) is 4.72. The van der Waals surface area contributed by atoms with Crippen LogP contribution in [0.3, 0.4) is 0 Å². The van der Waals surface area contributed by atoms with Crippen LogP contribution in [0.25, 0.3) is 34.0 Å². The molecule has 0 N–H and O–H groups in total. The van der Waals surface area contributed by atoms with Gasteiger partial charge >= 0.3 is 184 Å². The quantitative estimate of drug-likeness (QED) is 0.358. The second kappa shape index (κ2) is 8.11. The van der Waals surface area contributed by atoms with E-state index in [0.29, 0.717) is 7.25 Å². The molecule has 31 heavy (non-hydrogen) atoms. The molecule has 156 valence electrons. The summed E-state index contributed by atoms with van der Waals surface area (Å²) in [6, 6.07) is 17.9. The Morgan fingerprint density at radius 2 is 1.03 bits per heavy atom. The number of para-hydroxylation sites is 2. The Labute approximate surface area is 207 Å². The molecule has 2 aliphatic carbocycles. The molecule has 4 aromatic rings. The van der Waals surface area contributed by atoms with Crippen LogP contribution in [0.15, 0.2) is 59.7 Å². The Bertz CT molecular complexity index is 1280. The minimum atomic E-state index is -0.821. The number of aryl methyl sites for hydroxylation is 2. The predicted octanol–water partition coefficient (Wildman–Crippen LogP) is 0.377. The summed E-state index contributed by atoms with van der Waals surface area (Å²) in [5.41, 5.74) is 12.0. The van der Waals surface area contributed by atoms with E-state index in [1.165, 1.54) is 33.2 Å². The Balaban J connectivity index is 0.00000116. The maximum atomic E-state index is 2.46. The largest absolute Gasteiger partial charge is 1.00 e. The summed E-state index contributed by atoms with van der Waals surface area (Å²) in [4.78, 5) is 0. The van der Waals surface area contributed by atoms with E-state index in [0.717, 1.165) is 0 Å². The molecule has 0 saturated carbocycles. The molecule has 0 aliphatic heterocycles. The number of hydrogen-bond acceptors (Lipinski definition) is 0. The molecule has 2 aromatic carbocycles. The zero-order valence-electron chi connectivity index (χ0n) is 18.1. The standard InChI is InChI=1S/2C13H12N.2ClH.Zr/c2*1-9-7-11-10-5-3-4-6-12(10)14(2)13(11)8-9;;;/h2*3-8H,1-2H3;2*1H;/q;;;;+2/p-2. The van der Waals surface area contributed by atoms with E-state index in [-0.39, 0.29) is 24.8 Å². The third-order valence-corrected chi connectivity index (χ3v) is 12.2. The molecule has 0 bridgehead atoms. The van der Waals surface area contributed by atoms with Crippen molar-refractivity contribution in [2.75, 3.05) is 0 Å². The molecule has 6 rings (SSSR count). The van der Waals surface area contributed by atoms with E-state index in [1.807, 2.05) is 0 Å². The number of rotatable bonds is 2. The van der Waals surface area contributed by atoms with Gasteiger partial charge in [-0.1, -0.05) is 0 Å². The summed E-state index contributed by atoms with van der Waals surface area (Å²) in [6.07, 6.45) is 4.91. The number of benzene rings is 2. The van der Waals surface area contributed by atoms with Crippen LogP contribution in [0.1, 0.15) is 43.6 Å². The molecule has 2 unspecified atom stereocenters. The maximum Gasteiger partial charge on any atom is -1.00 e. The molecule has 2 nitrogen and oxygen atoms in total. The van der Waals surface area contributed by atoms with Gasteiger partial charge in [-0.25, -0.2) is 0 Å². The fourth-order valence-electron chi connectivity index (χ4n) is 5.49. The van der Waals surface area contributed by atoms with Crippen LogP contribution in [0.2, 0.25) is 0 Å². The smallest absolute Gasteiger partial charge is 1.00 e. The monoisotopic (exact) mass is 524 g/mol. The van der Waals surface area contributed by atoms with Gasteiger partial charge in [0, 0.05) is 0 Å². The fourth-order valence-corrected chi connectivity index (χ4v) is 10.3. The van der Waals surface area contributed by atoms with Gasteiger partial charge in [-0.15, -0.1) is 0 Å². The first kappa shape index (κ1) is 22.6. The molecule has 2 aliphatic rings. The van der Waals surface area contributed by atoms with Crippen LogP contribution < -0.4 is 24.8 Å². The third kappa shape index (κ3) is 3.08. The van der Waals surface area contributed by atoms with Gasteiger partial charge in [0.05, 0.1) is 0 Å². The molecule has 0 spiro atoms. The van der Waals surface area contributed by atoms with E-state index in [9.17, 15) is 0 Å². The molecule has 0 radical (unpaired) electrons. The van der Waals surface area contributed by atoms with Crippen LogP contribution in [-0.2, 0) is 37.3 Å². The van der Waals surface area contributed by atoms with Crippen molar-refractivity contribution < 1.29 is 48.0 Å². The van der Waals surface area contributed by atoms with E-state index in [2.05, 4.69) is 97.8 Å². The summed E-state index contributed by atoms with van der Waals surface area (Å²) < 4.78 is 6.10. The number of fused-ring (bicyclic) bond motifs is 6.